The van der Waals surface area contributed by atoms with E-state index >= 15 is 0 Å². The SMILES string of the molecule is CC1CC1CNCC(=O)N1CCN(C)CC1. The number of nitrogens with one attached hydrogen (secondary N) is 1. The normalized spacial score (nSPS) is 30.5. The zero-order chi connectivity index (χ0) is 11.5. The first-order valence-electron chi connectivity index (χ1n) is 6.34. The number of amides is 1. The van der Waals surface area contributed by atoms with Crippen LogP contribution in [-0.4, -0.2) is 62.0 Å². The number of carbonyl (C=O) groups is 1. The number of likely N-dealkylation sites (N-methyl/N-ethyl adjacent to an activating group) is 1. The Morgan fingerprint density at radius 2 is 1.94 bits per heavy atom. The van der Waals surface area contributed by atoms with E-state index in [4.69, 9.17) is 0 Å². The lowest BCUT2D eigenvalue weighted by Gasteiger charge is -2.32. The molecule has 16 heavy (non-hydrogen) atoms. The van der Waals surface area contributed by atoms with Gasteiger partial charge in [-0.1, -0.05) is 6.92 Å². The van der Waals surface area contributed by atoms with Crippen LogP contribution in [0.3, 0.4) is 0 Å². The lowest BCUT2D eigenvalue weighted by atomic mass is 10.3. The highest BCUT2D eigenvalue weighted by Gasteiger charge is 2.31. The number of rotatable bonds is 4. The number of carbonyl (C=O) groups excluding carboxylic acids is 1. The summed E-state index contributed by atoms with van der Waals surface area (Å²) in [6.07, 6.45) is 1.33. The summed E-state index contributed by atoms with van der Waals surface area (Å²) < 4.78 is 0. The first-order chi connectivity index (χ1) is 7.66. The summed E-state index contributed by atoms with van der Waals surface area (Å²) in [5.41, 5.74) is 0. The van der Waals surface area contributed by atoms with Gasteiger partial charge in [-0.3, -0.25) is 4.79 Å². The summed E-state index contributed by atoms with van der Waals surface area (Å²) in [7, 11) is 2.11. The molecule has 4 heteroatoms. The van der Waals surface area contributed by atoms with Crippen molar-refractivity contribution in [1.29, 1.82) is 0 Å². The van der Waals surface area contributed by atoms with Crippen molar-refractivity contribution in [2.24, 2.45) is 11.8 Å². The molecule has 1 heterocycles. The van der Waals surface area contributed by atoms with Crippen molar-refractivity contribution in [2.75, 3.05) is 46.3 Å². The van der Waals surface area contributed by atoms with Crippen LogP contribution in [0.2, 0.25) is 0 Å². The van der Waals surface area contributed by atoms with E-state index < -0.39 is 0 Å². The third-order valence-corrected chi connectivity index (χ3v) is 3.81. The first-order valence-corrected chi connectivity index (χ1v) is 6.34. The summed E-state index contributed by atoms with van der Waals surface area (Å²) in [4.78, 5) is 16.1. The Balaban J connectivity index is 1.60. The summed E-state index contributed by atoms with van der Waals surface area (Å²) >= 11 is 0. The maximum atomic E-state index is 11.8. The largest absolute Gasteiger partial charge is 0.339 e. The second-order valence-corrected chi connectivity index (χ2v) is 5.29. The molecule has 1 aliphatic carbocycles. The number of hydrogen-bond donors (Lipinski definition) is 1. The average Bonchev–Trinajstić information content (AvgIpc) is 2.95. The monoisotopic (exact) mass is 225 g/mol. The van der Waals surface area contributed by atoms with Crippen molar-refractivity contribution in [3.8, 4) is 0 Å². The average molecular weight is 225 g/mol. The Morgan fingerprint density at radius 1 is 1.31 bits per heavy atom. The lowest BCUT2D eigenvalue weighted by Crippen LogP contribution is -2.49. The first kappa shape index (κ1) is 11.9. The second kappa shape index (κ2) is 5.15. The molecular weight excluding hydrogens is 202 g/mol. The molecule has 2 aliphatic rings. The molecule has 4 nitrogen and oxygen atoms in total. The topological polar surface area (TPSA) is 35.6 Å². The van der Waals surface area contributed by atoms with Crippen molar-refractivity contribution in [3.05, 3.63) is 0 Å². The van der Waals surface area contributed by atoms with Gasteiger partial charge in [0.05, 0.1) is 6.54 Å². The second-order valence-electron chi connectivity index (χ2n) is 5.29. The zero-order valence-electron chi connectivity index (χ0n) is 10.4. The zero-order valence-corrected chi connectivity index (χ0v) is 10.4. The molecule has 0 aromatic carbocycles. The maximum Gasteiger partial charge on any atom is 0.236 e. The van der Waals surface area contributed by atoms with Crippen LogP contribution in [0.4, 0.5) is 0 Å². The van der Waals surface area contributed by atoms with Gasteiger partial charge in [-0.15, -0.1) is 0 Å². The Morgan fingerprint density at radius 3 is 2.50 bits per heavy atom. The predicted octanol–water partition coefficient (Wildman–Crippen LogP) is 0.00600. The van der Waals surface area contributed by atoms with Gasteiger partial charge < -0.3 is 15.1 Å². The molecule has 1 N–H and O–H groups in total. The molecule has 2 fully saturated rings. The van der Waals surface area contributed by atoms with Gasteiger partial charge in [0.2, 0.25) is 5.91 Å². The minimum absolute atomic E-state index is 0.265. The molecule has 0 radical (unpaired) electrons. The quantitative estimate of drug-likeness (QED) is 0.732. The van der Waals surface area contributed by atoms with Gasteiger partial charge in [-0.25, -0.2) is 0 Å². The van der Waals surface area contributed by atoms with Gasteiger partial charge >= 0.3 is 0 Å². The van der Waals surface area contributed by atoms with Crippen LogP contribution in [0.1, 0.15) is 13.3 Å². The van der Waals surface area contributed by atoms with Gasteiger partial charge in [0, 0.05) is 26.2 Å². The van der Waals surface area contributed by atoms with Crippen molar-refractivity contribution >= 4 is 5.91 Å². The van der Waals surface area contributed by atoms with E-state index in [1.165, 1.54) is 6.42 Å². The molecule has 1 amide bonds. The molecule has 92 valence electrons. The molecule has 0 aromatic heterocycles. The van der Waals surface area contributed by atoms with Crippen LogP contribution in [0.5, 0.6) is 0 Å². The molecular formula is C12H23N3O. The van der Waals surface area contributed by atoms with E-state index in [2.05, 4.69) is 24.2 Å². The van der Waals surface area contributed by atoms with Crippen LogP contribution >= 0.6 is 0 Å². The van der Waals surface area contributed by atoms with Crippen LogP contribution in [0.25, 0.3) is 0 Å². The molecule has 1 saturated heterocycles. The van der Waals surface area contributed by atoms with E-state index in [9.17, 15) is 4.79 Å². The van der Waals surface area contributed by atoms with Crippen LogP contribution in [0.15, 0.2) is 0 Å². The predicted molar refractivity (Wildman–Crippen MR) is 64.2 cm³/mol. The van der Waals surface area contributed by atoms with Gasteiger partial charge in [-0.2, -0.15) is 0 Å². The summed E-state index contributed by atoms with van der Waals surface area (Å²) in [6.45, 7) is 7.59. The standard InChI is InChI=1S/C12H23N3O/c1-10-7-11(10)8-13-9-12(16)15-5-3-14(2)4-6-15/h10-11,13H,3-9H2,1-2H3. The lowest BCUT2D eigenvalue weighted by molar-refractivity contribution is -0.131. The molecule has 0 bridgehead atoms. The highest BCUT2D eigenvalue weighted by Crippen LogP contribution is 2.36. The van der Waals surface area contributed by atoms with Gasteiger partial charge in [0.25, 0.3) is 0 Å². The van der Waals surface area contributed by atoms with Crippen LogP contribution in [-0.2, 0) is 4.79 Å². The van der Waals surface area contributed by atoms with E-state index in [0.717, 1.165) is 44.6 Å². The molecule has 0 spiro atoms. The van der Waals surface area contributed by atoms with Gasteiger partial charge in [-0.05, 0) is 31.8 Å². The molecule has 2 atom stereocenters. The van der Waals surface area contributed by atoms with Crippen molar-refractivity contribution in [1.82, 2.24) is 15.1 Å². The number of piperazine rings is 1. The number of hydrogen-bond acceptors (Lipinski definition) is 3. The van der Waals surface area contributed by atoms with E-state index in [-0.39, 0.29) is 5.91 Å². The minimum atomic E-state index is 0.265. The Hall–Kier alpha value is -0.610. The number of nitrogens with zero attached hydrogens (tertiary/aromatic N) is 2. The molecule has 1 aliphatic heterocycles. The van der Waals surface area contributed by atoms with Crippen molar-refractivity contribution in [3.63, 3.8) is 0 Å². The Labute approximate surface area is 98.0 Å². The fourth-order valence-electron chi connectivity index (χ4n) is 2.22. The smallest absolute Gasteiger partial charge is 0.236 e. The van der Waals surface area contributed by atoms with E-state index in [1.54, 1.807) is 0 Å². The third kappa shape index (κ3) is 3.19. The summed E-state index contributed by atoms with van der Waals surface area (Å²) in [6, 6.07) is 0. The van der Waals surface area contributed by atoms with E-state index in [1.807, 2.05) is 4.90 Å². The molecule has 2 unspecified atom stereocenters. The third-order valence-electron chi connectivity index (χ3n) is 3.81. The highest BCUT2D eigenvalue weighted by atomic mass is 16.2. The fraction of sp³-hybridized carbons (Fsp3) is 0.917. The van der Waals surface area contributed by atoms with Gasteiger partial charge in [0.15, 0.2) is 0 Å². The van der Waals surface area contributed by atoms with Crippen LogP contribution < -0.4 is 5.32 Å². The Bertz CT molecular complexity index is 249. The van der Waals surface area contributed by atoms with Crippen molar-refractivity contribution < 1.29 is 4.79 Å². The molecule has 0 aromatic rings. The van der Waals surface area contributed by atoms with Crippen molar-refractivity contribution in [2.45, 2.75) is 13.3 Å². The molecule has 2 rings (SSSR count). The minimum Gasteiger partial charge on any atom is -0.339 e. The summed E-state index contributed by atoms with van der Waals surface area (Å²) in [5, 5.41) is 3.28. The maximum absolute atomic E-state index is 11.8. The molecule has 1 saturated carbocycles. The van der Waals surface area contributed by atoms with Gasteiger partial charge in [0.1, 0.15) is 0 Å². The summed E-state index contributed by atoms with van der Waals surface area (Å²) in [5.74, 6) is 1.95. The highest BCUT2D eigenvalue weighted by molar-refractivity contribution is 5.78. The Kier molecular flexibility index (Phi) is 3.82. The van der Waals surface area contributed by atoms with E-state index in [0.29, 0.717) is 6.54 Å². The fourth-order valence-corrected chi connectivity index (χ4v) is 2.22. The van der Waals surface area contributed by atoms with Crippen LogP contribution in [0, 0.1) is 11.8 Å².